The molecule has 0 saturated heterocycles. The van der Waals surface area contributed by atoms with E-state index in [2.05, 4.69) is 11.8 Å². The first-order chi connectivity index (χ1) is 8.11. The molecular formula is C14H21FN2. The highest BCUT2D eigenvalue weighted by atomic mass is 19.1. The van der Waals surface area contributed by atoms with E-state index in [-0.39, 0.29) is 11.5 Å². The van der Waals surface area contributed by atoms with Crippen molar-refractivity contribution in [2.45, 2.75) is 38.6 Å². The molecule has 1 aromatic rings. The topological polar surface area (TPSA) is 29.3 Å². The predicted molar refractivity (Wildman–Crippen MR) is 70.6 cm³/mol. The Labute approximate surface area is 103 Å². The minimum absolute atomic E-state index is 0.271. The van der Waals surface area contributed by atoms with E-state index < -0.39 is 0 Å². The number of nitrogens with two attached hydrogens (primary N) is 1. The van der Waals surface area contributed by atoms with Crippen LogP contribution in [-0.4, -0.2) is 13.1 Å². The molecule has 1 aliphatic rings. The predicted octanol–water partition coefficient (Wildman–Crippen LogP) is 3.42. The van der Waals surface area contributed by atoms with Gasteiger partial charge in [0, 0.05) is 13.1 Å². The zero-order valence-electron chi connectivity index (χ0n) is 10.6. The minimum atomic E-state index is -0.321. The van der Waals surface area contributed by atoms with Crippen LogP contribution in [0.15, 0.2) is 18.2 Å². The van der Waals surface area contributed by atoms with Gasteiger partial charge in [0.1, 0.15) is 5.82 Å². The zero-order chi connectivity index (χ0) is 12.4. The summed E-state index contributed by atoms with van der Waals surface area (Å²) in [6, 6.07) is 5.52. The van der Waals surface area contributed by atoms with Gasteiger partial charge in [-0.25, -0.2) is 4.39 Å². The second-order valence-corrected chi connectivity index (χ2v) is 5.11. The van der Waals surface area contributed by atoms with Crippen molar-refractivity contribution < 1.29 is 4.39 Å². The van der Waals surface area contributed by atoms with Crippen LogP contribution in [0.1, 0.15) is 32.6 Å². The third-order valence-corrected chi connectivity index (χ3v) is 3.97. The molecule has 2 rings (SSSR count). The molecule has 94 valence electrons. The smallest absolute Gasteiger partial charge is 0.148 e. The molecule has 2 atom stereocenters. The average molecular weight is 236 g/mol. The third-order valence-electron chi connectivity index (χ3n) is 3.97. The molecular weight excluding hydrogens is 215 g/mol. The summed E-state index contributed by atoms with van der Waals surface area (Å²) < 4.78 is 13.5. The van der Waals surface area contributed by atoms with Gasteiger partial charge in [0.2, 0.25) is 0 Å². The van der Waals surface area contributed by atoms with E-state index in [9.17, 15) is 4.39 Å². The Balaban J connectivity index is 2.23. The summed E-state index contributed by atoms with van der Waals surface area (Å²) in [4.78, 5) is 2.15. The number of anilines is 2. The van der Waals surface area contributed by atoms with Gasteiger partial charge in [-0.3, -0.25) is 0 Å². The highest BCUT2D eigenvalue weighted by Gasteiger charge is 2.26. The normalized spacial score (nSPS) is 24.6. The second kappa shape index (κ2) is 4.94. The van der Waals surface area contributed by atoms with Crippen molar-refractivity contribution >= 4 is 11.4 Å². The van der Waals surface area contributed by atoms with Crippen molar-refractivity contribution in [1.82, 2.24) is 0 Å². The minimum Gasteiger partial charge on any atom is -0.395 e. The van der Waals surface area contributed by atoms with Gasteiger partial charge in [-0.1, -0.05) is 25.8 Å². The molecule has 1 aromatic carbocycles. The molecule has 0 bridgehead atoms. The van der Waals surface area contributed by atoms with E-state index in [1.54, 1.807) is 6.07 Å². The van der Waals surface area contributed by atoms with E-state index in [4.69, 9.17) is 5.73 Å². The lowest BCUT2D eigenvalue weighted by Crippen LogP contribution is -2.39. The highest BCUT2D eigenvalue weighted by Crippen LogP contribution is 2.33. The van der Waals surface area contributed by atoms with Crippen LogP contribution in [0, 0.1) is 11.7 Å². The summed E-state index contributed by atoms with van der Waals surface area (Å²) >= 11 is 0. The Morgan fingerprint density at radius 2 is 2.00 bits per heavy atom. The van der Waals surface area contributed by atoms with Crippen molar-refractivity contribution in [3.63, 3.8) is 0 Å². The number of benzene rings is 1. The number of nitrogens with zero attached hydrogens (tertiary/aromatic N) is 1. The lowest BCUT2D eigenvalue weighted by molar-refractivity contribution is 0.322. The number of para-hydroxylation sites is 1. The second-order valence-electron chi connectivity index (χ2n) is 5.11. The van der Waals surface area contributed by atoms with Crippen molar-refractivity contribution in [3.05, 3.63) is 24.0 Å². The Hall–Kier alpha value is -1.25. The maximum Gasteiger partial charge on any atom is 0.148 e. The van der Waals surface area contributed by atoms with Crippen LogP contribution in [0.4, 0.5) is 15.8 Å². The van der Waals surface area contributed by atoms with Crippen molar-refractivity contribution in [1.29, 1.82) is 0 Å². The van der Waals surface area contributed by atoms with Gasteiger partial charge in [-0.2, -0.15) is 0 Å². The average Bonchev–Trinajstić information content (AvgIpc) is 2.32. The largest absolute Gasteiger partial charge is 0.395 e. The molecule has 1 fully saturated rings. The molecule has 0 aliphatic heterocycles. The number of hydrogen-bond donors (Lipinski definition) is 1. The lowest BCUT2D eigenvalue weighted by Gasteiger charge is -2.38. The molecule has 17 heavy (non-hydrogen) atoms. The van der Waals surface area contributed by atoms with Crippen LogP contribution in [0.3, 0.4) is 0 Å². The van der Waals surface area contributed by atoms with E-state index in [1.165, 1.54) is 31.7 Å². The van der Waals surface area contributed by atoms with Gasteiger partial charge in [0.05, 0.1) is 11.4 Å². The number of halogens is 1. The molecule has 2 N–H and O–H groups in total. The van der Waals surface area contributed by atoms with E-state index >= 15 is 0 Å². The monoisotopic (exact) mass is 236 g/mol. The van der Waals surface area contributed by atoms with Crippen molar-refractivity contribution in [2.24, 2.45) is 5.92 Å². The first-order valence-electron chi connectivity index (χ1n) is 6.38. The quantitative estimate of drug-likeness (QED) is 0.797. The summed E-state index contributed by atoms with van der Waals surface area (Å²) in [6.45, 7) is 2.27. The molecule has 0 heterocycles. The van der Waals surface area contributed by atoms with Crippen LogP contribution in [0.5, 0.6) is 0 Å². The molecule has 0 radical (unpaired) electrons. The van der Waals surface area contributed by atoms with Crippen molar-refractivity contribution in [2.75, 3.05) is 17.7 Å². The van der Waals surface area contributed by atoms with Gasteiger partial charge < -0.3 is 10.6 Å². The fraction of sp³-hybridized carbons (Fsp3) is 0.571. The van der Waals surface area contributed by atoms with Gasteiger partial charge >= 0.3 is 0 Å². The highest BCUT2D eigenvalue weighted by molar-refractivity contribution is 5.68. The van der Waals surface area contributed by atoms with E-state index in [0.717, 1.165) is 5.69 Å². The molecule has 2 nitrogen and oxygen atoms in total. The standard InChI is InChI=1S/C14H21FN2/c1-10-6-3-4-8-12(10)17(2)13-9-5-7-11(15)14(13)16/h5,7,9-10,12H,3-4,6,8,16H2,1-2H3. The number of hydrogen-bond acceptors (Lipinski definition) is 2. The summed E-state index contributed by atoms with van der Waals surface area (Å²) in [5, 5.41) is 0. The maximum atomic E-state index is 13.5. The van der Waals surface area contributed by atoms with Gasteiger partial charge in [0.25, 0.3) is 0 Å². The van der Waals surface area contributed by atoms with E-state index in [1.807, 2.05) is 13.1 Å². The zero-order valence-corrected chi connectivity index (χ0v) is 10.6. The summed E-state index contributed by atoms with van der Waals surface area (Å²) in [5.74, 6) is 0.328. The molecule has 0 amide bonds. The Kier molecular flexibility index (Phi) is 3.55. The fourth-order valence-electron chi connectivity index (χ4n) is 2.88. The molecule has 0 spiro atoms. The summed E-state index contributed by atoms with van der Waals surface area (Å²) in [5.41, 5.74) is 6.91. The van der Waals surface area contributed by atoms with Gasteiger partial charge in [-0.15, -0.1) is 0 Å². The first-order valence-corrected chi connectivity index (χ1v) is 6.38. The molecule has 3 heteroatoms. The van der Waals surface area contributed by atoms with Crippen molar-refractivity contribution in [3.8, 4) is 0 Å². The van der Waals surface area contributed by atoms with E-state index in [0.29, 0.717) is 12.0 Å². The molecule has 1 aliphatic carbocycles. The first kappa shape index (κ1) is 12.2. The number of rotatable bonds is 2. The summed E-state index contributed by atoms with van der Waals surface area (Å²) in [7, 11) is 2.03. The molecule has 1 saturated carbocycles. The van der Waals surface area contributed by atoms with Crippen LogP contribution >= 0.6 is 0 Å². The Morgan fingerprint density at radius 1 is 1.29 bits per heavy atom. The van der Waals surface area contributed by atoms with Crippen LogP contribution in [-0.2, 0) is 0 Å². The third kappa shape index (κ3) is 2.38. The van der Waals surface area contributed by atoms with Gasteiger partial charge in [0.15, 0.2) is 0 Å². The summed E-state index contributed by atoms with van der Waals surface area (Å²) in [6.07, 6.45) is 5.00. The maximum absolute atomic E-state index is 13.5. The van der Waals surface area contributed by atoms with Crippen LogP contribution in [0.2, 0.25) is 0 Å². The Bertz CT molecular complexity index is 392. The lowest BCUT2D eigenvalue weighted by atomic mass is 9.85. The van der Waals surface area contributed by atoms with Gasteiger partial charge in [-0.05, 0) is 30.9 Å². The molecule has 0 aromatic heterocycles. The number of nitrogen functional groups attached to an aromatic ring is 1. The molecule has 2 unspecified atom stereocenters. The SMILES string of the molecule is CC1CCCCC1N(C)c1cccc(F)c1N. The van der Waals surface area contributed by atoms with Crippen LogP contribution in [0.25, 0.3) is 0 Å². The fourth-order valence-corrected chi connectivity index (χ4v) is 2.88. The Morgan fingerprint density at radius 3 is 2.71 bits per heavy atom. The van der Waals surface area contributed by atoms with Crippen LogP contribution < -0.4 is 10.6 Å².